The molecule has 5 nitrogen and oxygen atoms in total. The molecule has 1 amide bonds. The molecule has 0 aromatic heterocycles. The third-order valence-electron chi connectivity index (χ3n) is 2.55. The number of allylic oxidation sites excluding steroid dienone is 2. The number of carbonyl (C=O) groups excluding carboxylic acids is 2. The molecule has 0 fully saturated rings. The average Bonchev–Trinajstić information content (AvgIpc) is 2.35. The van der Waals surface area contributed by atoms with E-state index in [0.717, 1.165) is 0 Å². The Bertz CT molecular complexity index is 629. The highest BCUT2D eigenvalue weighted by molar-refractivity contribution is 6.21. The van der Waals surface area contributed by atoms with Crippen molar-refractivity contribution < 1.29 is 19.5 Å². The number of hydrogen-bond donors (Lipinski definition) is 2. The van der Waals surface area contributed by atoms with E-state index in [1.807, 2.05) is 0 Å². The number of nitrogens with one attached hydrogen (secondary N) is 1. The number of benzene rings is 1. The summed E-state index contributed by atoms with van der Waals surface area (Å²) in [6, 6.07) is 4.37. The largest absolute Gasteiger partial charge is 0.465 e. The van der Waals surface area contributed by atoms with Crippen LogP contribution in [0.15, 0.2) is 42.5 Å². The van der Waals surface area contributed by atoms with Crippen LogP contribution in [0.4, 0.5) is 10.5 Å². The molecule has 2 N–H and O–H groups in total. The van der Waals surface area contributed by atoms with Gasteiger partial charge >= 0.3 is 6.09 Å². The van der Waals surface area contributed by atoms with Gasteiger partial charge in [-0.25, -0.2) is 4.79 Å². The zero-order valence-corrected chi connectivity index (χ0v) is 11.3. The van der Waals surface area contributed by atoms with Gasteiger partial charge in [-0.1, -0.05) is 25.3 Å². The fourth-order valence-electron chi connectivity index (χ4n) is 1.65. The zero-order chi connectivity index (χ0) is 15.4. The predicted molar refractivity (Wildman–Crippen MR) is 76.4 cm³/mol. The molecule has 0 saturated heterocycles. The summed E-state index contributed by atoms with van der Waals surface area (Å²) in [6.45, 7) is 10.1. The van der Waals surface area contributed by atoms with Crippen molar-refractivity contribution in [2.75, 3.05) is 5.32 Å². The van der Waals surface area contributed by atoms with Gasteiger partial charge in [0.2, 0.25) is 0 Å². The molecule has 0 atom stereocenters. The third-order valence-corrected chi connectivity index (χ3v) is 2.55. The number of anilines is 1. The number of carboxylic acid groups (broad SMARTS) is 1. The maximum atomic E-state index is 12.2. The maximum absolute atomic E-state index is 12.2. The lowest BCUT2D eigenvalue weighted by Crippen LogP contribution is -2.16. The second kappa shape index (κ2) is 5.97. The normalized spacial score (nSPS) is 9.70. The van der Waals surface area contributed by atoms with Gasteiger partial charge in [-0.05, 0) is 31.1 Å². The molecule has 20 heavy (non-hydrogen) atoms. The Morgan fingerprint density at radius 2 is 1.60 bits per heavy atom. The van der Waals surface area contributed by atoms with Crippen LogP contribution in [0.1, 0.15) is 34.6 Å². The molecule has 0 aliphatic rings. The van der Waals surface area contributed by atoms with Crippen molar-refractivity contribution in [1.29, 1.82) is 0 Å². The van der Waals surface area contributed by atoms with Crippen LogP contribution in [-0.2, 0) is 0 Å². The number of rotatable bonds is 5. The third kappa shape index (κ3) is 3.20. The van der Waals surface area contributed by atoms with E-state index in [2.05, 4.69) is 18.5 Å². The molecule has 1 aromatic rings. The van der Waals surface area contributed by atoms with Gasteiger partial charge in [0.1, 0.15) is 0 Å². The number of hydrogen-bond acceptors (Lipinski definition) is 3. The van der Waals surface area contributed by atoms with Crippen LogP contribution in [0.5, 0.6) is 0 Å². The van der Waals surface area contributed by atoms with E-state index in [1.165, 1.54) is 32.0 Å². The standard InChI is InChI=1S/C15H15NO4/c1-8(2)13(17)10-6-5-7-11(16-15(19)20)12(10)14(18)9(3)4/h5-7,16H,1,3H2,2,4H3,(H,19,20). The van der Waals surface area contributed by atoms with E-state index in [9.17, 15) is 14.4 Å². The van der Waals surface area contributed by atoms with Gasteiger partial charge < -0.3 is 5.11 Å². The van der Waals surface area contributed by atoms with Gasteiger partial charge in [-0.3, -0.25) is 14.9 Å². The van der Waals surface area contributed by atoms with Gasteiger partial charge in [-0.2, -0.15) is 0 Å². The van der Waals surface area contributed by atoms with Crippen molar-refractivity contribution in [1.82, 2.24) is 0 Å². The summed E-state index contributed by atoms with van der Waals surface area (Å²) in [7, 11) is 0. The van der Waals surface area contributed by atoms with Crippen molar-refractivity contribution in [2.24, 2.45) is 0 Å². The summed E-state index contributed by atoms with van der Waals surface area (Å²) in [5, 5.41) is 10.9. The van der Waals surface area contributed by atoms with Gasteiger partial charge in [0.05, 0.1) is 11.3 Å². The fourth-order valence-corrected chi connectivity index (χ4v) is 1.65. The van der Waals surface area contributed by atoms with Crippen LogP contribution in [0, 0.1) is 0 Å². The Morgan fingerprint density at radius 1 is 1.05 bits per heavy atom. The van der Waals surface area contributed by atoms with Crippen LogP contribution in [0.2, 0.25) is 0 Å². The minimum Gasteiger partial charge on any atom is -0.465 e. The van der Waals surface area contributed by atoms with Gasteiger partial charge in [0.15, 0.2) is 11.6 Å². The number of amides is 1. The molecule has 0 aliphatic heterocycles. The van der Waals surface area contributed by atoms with Gasteiger partial charge in [0.25, 0.3) is 0 Å². The molecule has 0 spiro atoms. The monoisotopic (exact) mass is 273 g/mol. The summed E-state index contributed by atoms with van der Waals surface area (Å²) >= 11 is 0. The van der Waals surface area contributed by atoms with Gasteiger partial charge in [0, 0.05) is 5.56 Å². The maximum Gasteiger partial charge on any atom is 0.409 e. The molecule has 5 heteroatoms. The van der Waals surface area contributed by atoms with Crippen LogP contribution in [-0.4, -0.2) is 22.8 Å². The van der Waals surface area contributed by atoms with Crippen LogP contribution < -0.4 is 5.32 Å². The first kappa shape index (κ1) is 15.4. The van der Waals surface area contributed by atoms with E-state index in [4.69, 9.17) is 5.11 Å². The van der Waals surface area contributed by atoms with Gasteiger partial charge in [-0.15, -0.1) is 0 Å². The van der Waals surface area contributed by atoms with E-state index < -0.39 is 17.7 Å². The topological polar surface area (TPSA) is 83.5 Å². The highest BCUT2D eigenvalue weighted by Crippen LogP contribution is 2.25. The average molecular weight is 273 g/mol. The molecule has 0 saturated carbocycles. The molecule has 104 valence electrons. The number of carbonyl (C=O) groups is 3. The van der Waals surface area contributed by atoms with E-state index in [0.29, 0.717) is 0 Å². The van der Waals surface area contributed by atoms with Crippen LogP contribution >= 0.6 is 0 Å². The molecule has 0 radical (unpaired) electrons. The summed E-state index contributed by atoms with van der Waals surface area (Å²) in [5.74, 6) is -0.900. The Labute approximate surface area is 116 Å². The Morgan fingerprint density at radius 3 is 2.05 bits per heavy atom. The predicted octanol–water partition coefficient (Wildman–Crippen LogP) is 3.29. The second-order valence-electron chi connectivity index (χ2n) is 4.38. The van der Waals surface area contributed by atoms with Crippen molar-refractivity contribution >= 4 is 23.3 Å². The van der Waals surface area contributed by atoms with E-state index in [1.54, 1.807) is 0 Å². The first-order valence-corrected chi connectivity index (χ1v) is 5.79. The van der Waals surface area contributed by atoms with Crippen molar-refractivity contribution in [3.05, 3.63) is 53.6 Å². The first-order chi connectivity index (χ1) is 9.25. The lowest BCUT2D eigenvalue weighted by atomic mass is 9.93. The molecule has 0 bridgehead atoms. The fraction of sp³-hybridized carbons (Fsp3) is 0.133. The Hall–Kier alpha value is -2.69. The summed E-state index contributed by atoms with van der Waals surface area (Å²) in [6.07, 6.45) is -1.32. The quantitative estimate of drug-likeness (QED) is 0.637. The first-order valence-electron chi connectivity index (χ1n) is 5.79. The molecular formula is C15H15NO4. The lowest BCUT2D eigenvalue weighted by Gasteiger charge is -2.13. The van der Waals surface area contributed by atoms with Crippen molar-refractivity contribution in [3.63, 3.8) is 0 Å². The minimum atomic E-state index is -1.32. The zero-order valence-electron chi connectivity index (χ0n) is 11.3. The molecule has 0 unspecified atom stereocenters. The summed E-state index contributed by atoms with van der Waals surface area (Å²) in [5.41, 5.74) is 0.624. The smallest absolute Gasteiger partial charge is 0.409 e. The number of Topliss-reactive ketones (excluding diaryl/α,β-unsaturated/α-hetero) is 2. The van der Waals surface area contributed by atoms with E-state index >= 15 is 0 Å². The molecule has 0 aliphatic carbocycles. The highest BCUT2D eigenvalue weighted by Gasteiger charge is 2.22. The summed E-state index contributed by atoms with van der Waals surface area (Å²) < 4.78 is 0. The molecule has 1 rings (SSSR count). The van der Waals surface area contributed by atoms with Crippen LogP contribution in [0.25, 0.3) is 0 Å². The minimum absolute atomic E-state index is 0.00426. The second-order valence-corrected chi connectivity index (χ2v) is 4.38. The number of ketones is 2. The van der Waals surface area contributed by atoms with Crippen molar-refractivity contribution in [2.45, 2.75) is 13.8 Å². The van der Waals surface area contributed by atoms with E-state index in [-0.39, 0.29) is 28.0 Å². The molecule has 0 heterocycles. The highest BCUT2D eigenvalue weighted by atomic mass is 16.4. The Balaban J connectivity index is 3.56. The molecule has 1 aromatic carbocycles. The van der Waals surface area contributed by atoms with Crippen LogP contribution in [0.3, 0.4) is 0 Å². The SMILES string of the molecule is C=C(C)C(=O)c1cccc(NC(=O)O)c1C(=O)C(=C)C. The van der Waals surface area contributed by atoms with Crippen molar-refractivity contribution in [3.8, 4) is 0 Å². The lowest BCUT2D eigenvalue weighted by molar-refractivity contribution is 0.1000. The Kier molecular flexibility index (Phi) is 4.59. The summed E-state index contributed by atoms with van der Waals surface area (Å²) in [4.78, 5) is 35.0. The molecular weight excluding hydrogens is 258 g/mol.